The highest BCUT2D eigenvalue weighted by Gasteiger charge is 2.20. The summed E-state index contributed by atoms with van der Waals surface area (Å²) >= 11 is 1.40. The summed E-state index contributed by atoms with van der Waals surface area (Å²) < 4.78 is 5.88. The van der Waals surface area contributed by atoms with E-state index in [9.17, 15) is 14.4 Å². The number of urea groups is 1. The van der Waals surface area contributed by atoms with Gasteiger partial charge in [-0.1, -0.05) is 0 Å². The highest BCUT2D eigenvalue weighted by molar-refractivity contribution is 7.16. The van der Waals surface area contributed by atoms with Crippen LogP contribution in [0.4, 0.5) is 4.79 Å². The van der Waals surface area contributed by atoms with Gasteiger partial charge in [0.15, 0.2) is 6.10 Å². The number of nitrogens with one attached hydrogen (secondary N) is 2. The number of carbonyl (C=O) groups is 3. The normalized spacial score (nSPS) is 11.7. The molecule has 0 radical (unpaired) electrons. The van der Waals surface area contributed by atoms with Crippen LogP contribution in [-0.2, 0) is 9.53 Å². The Balaban J connectivity index is 2.03. The number of aromatic nitrogens is 1. The molecular formula is C13H13N3O4S. The van der Waals surface area contributed by atoms with Crippen molar-refractivity contribution in [2.75, 3.05) is 7.05 Å². The minimum atomic E-state index is -1.08. The highest BCUT2D eigenvalue weighted by atomic mass is 32.1. The van der Waals surface area contributed by atoms with Crippen molar-refractivity contribution in [2.24, 2.45) is 0 Å². The molecule has 7 nitrogen and oxygen atoms in total. The molecule has 110 valence electrons. The monoisotopic (exact) mass is 307 g/mol. The van der Waals surface area contributed by atoms with Crippen LogP contribution in [0.5, 0.6) is 0 Å². The van der Waals surface area contributed by atoms with Crippen LogP contribution < -0.4 is 10.6 Å². The maximum absolute atomic E-state index is 12.0. The average molecular weight is 307 g/mol. The van der Waals surface area contributed by atoms with Gasteiger partial charge < -0.3 is 10.1 Å². The van der Waals surface area contributed by atoms with Crippen LogP contribution in [0.2, 0.25) is 0 Å². The van der Waals surface area contributed by atoms with Gasteiger partial charge >= 0.3 is 12.0 Å². The number of hydrogen-bond acceptors (Lipinski definition) is 6. The Hall–Kier alpha value is -2.48. The standard InChI is InChI=1S/C13H13N3O4S/c1-7(11(17)16-13(19)14-2)20-12(18)8-3-4-9-10(5-8)21-6-15-9/h3-7H,1-2H3,(H2,14,16,17,19). The first kappa shape index (κ1) is 14.9. The minimum absolute atomic E-state index is 0.325. The second kappa shape index (κ2) is 6.31. The van der Waals surface area contributed by atoms with E-state index in [-0.39, 0.29) is 0 Å². The lowest BCUT2D eigenvalue weighted by molar-refractivity contribution is -0.127. The van der Waals surface area contributed by atoms with Crippen molar-refractivity contribution < 1.29 is 19.1 Å². The topological polar surface area (TPSA) is 97.4 Å². The first-order valence-electron chi connectivity index (χ1n) is 6.08. The van der Waals surface area contributed by atoms with Gasteiger partial charge in [-0.3, -0.25) is 10.1 Å². The van der Waals surface area contributed by atoms with Gasteiger partial charge in [-0.2, -0.15) is 0 Å². The molecule has 0 saturated heterocycles. The molecule has 0 spiro atoms. The van der Waals surface area contributed by atoms with Crippen molar-refractivity contribution in [3.8, 4) is 0 Å². The SMILES string of the molecule is CNC(=O)NC(=O)C(C)OC(=O)c1ccc2ncsc2c1. The Morgan fingerprint density at radius 2 is 2.10 bits per heavy atom. The molecule has 0 fully saturated rings. The molecule has 2 aromatic rings. The van der Waals surface area contributed by atoms with Gasteiger partial charge in [0.05, 0.1) is 21.3 Å². The van der Waals surface area contributed by atoms with E-state index in [4.69, 9.17) is 4.74 Å². The zero-order valence-corrected chi connectivity index (χ0v) is 12.2. The van der Waals surface area contributed by atoms with E-state index in [2.05, 4.69) is 10.3 Å². The summed E-state index contributed by atoms with van der Waals surface area (Å²) in [6.45, 7) is 1.39. The second-order valence-electron chi connectivity index (χ2n) is 4.15. The molecule has 21 heavy (non-hydrogen) atoms. The van der Waals surface area contributed by atoms with E-state index in [0.717, 1.165) is 10.2 Å². The number of carbonyl (C=O) groups excluding carboxylic acids is 3. The summed E-state index contributed by atoms with van der Waals surface area (Å²) in [6.07, 6.45) is -1.08. The maximum atomic E-state index is 12.0. The number of rotatable bonds is 3. The van der Waals surface area contributed by atoms with Crippen LogP contribution in [0.1, 0.15) is 17.3 Å². The van der Waals surface area contributed by atoms with Crippen molar-refractivity contribution >= 4 is 39.5 Å². The molecule has 3 amide bonds. The van der Waals surface area contributed by atoms with Crippen molar-refractivity contribution in [1.29, 1.82) is 0 Å². The molecule has 0 bridgehead atoms. The Morgan fingerprint density at radius 1 is 1.33 bits per heavy atom. The fourth-order valence-electron chi connectivity index (χ4n) is 1.54. The molecule has 1 aromatic heterocycles. The van der Waals surface area contributed by atoms with Crippen molar-refractivity contribution in [3.63, 3.8) is 0 Å². The number of ether oxygens (including phenoxy) is 1. The number of esters is 1. The average Bonchev–Trinajstić information content (AvgIpc) is 2.94. The maximum Gasteiger partial charge on any atom is 0.338 e. The van der Waals surface area contributed by atoms with Gasteiger partial charge in [-0.15, -0.1) is 11.3 Å². The smallest absolute Gasteiger partial charge is 0.338 e. The van der Waals surface area contributed by atoms with Crippen LogP contribution in [0.3, 0.4) is 0 Å². The van der Waals surface area contributed by atoms with Crippen LogP contribution in [-0.4, -0.2) is 36.0 Å². The largest absolute Gasteiger partial charge is 0.449 e. The lowest BCUT2D eigenvalue weighted by Gasteiger charge is -2.12. The molecule has 8 heteroatoms. The van der Waals surface area contributed by atoms with Gasteiger partial charge in [0.2, 0.25) is 0 Å². The minimum Gasteiger partial charge on any atom is -0.449 e. The second-order valence-corrected chi connectivity index (χ2v) is 5.04. The third-order valence-corrected chi connectivity index (χ3v) is 3.48. The van der Waals surface area contributed by atoms with Gasteiger partial charge in [0, 0.05) is 7.05 Å². The lowest BCUT2D eigenvalue weighted by atomic mass is 10.2. The fraction of sp³-hybridized carbons (Fsp3) is 0.231. The molecule has 0 aliphatic rings. The summed E-state index contributed by atoms with van der Waals surface area (Å²) in [5.74, 6) is -1.33. The fourth-order valence-corrected chi connectivity index (χ4v) is 2.26. The Bertz CT molecular complexity index is 698. The van der Waals surface area contributed by atoms with E-state index in [1.54, 1.807) is 23.7 Å². The van der Waals surface area contributed by atoms with Crippen molar-refractivity contribution in [1.82, 2.24) is 15.6 Å². The van der Waals surface area contributed by atoms with Gasteiger partial charge in [0.25, 0.3) is 5.91 Å². The van der Waals surface area contributed by atoms with Gasteiger partial charge in [-0.25, -0.2) is 14.6 Å². The van der Waals surface area contributed by atoms with E-state index < -0.39 is 24.0 Å². The van der Waals surface area contributed by atoms with Crippen LogP contribution >= 0.6 is 11.3 Å². The third-order valence-electron chi connectivity index (χ3n) is 2.68. The van der Waals surface area contributed by atoms with Gasteiger partial charge in [-0.05, 0) is 25.1 Å². The molecular weight excluding hydrogens is 294 g/mol. The number of benzene rings is 1. The number of nitrogens with zero attached hydrogens (tertiary/aromatic N) is 1. The van der Waals surface area contributed by atoms with E-state index >= 15 is 0 Å². The van der Waals surface area contributed by atoms with Crippen molar-refractivity contribution in [2.45, 2.75) is 13.0 Å². The molecule has 1 unspecified atom stereocenters. The molecule has 0 aliphatic carbocycles. The molecule has 1 heterocycles. The summed E-state index contributed by atoms with van der Waals surface area (Å²) in [4.78, 5) is 38.7. The van der Waals surface area contributed by atoms with E-state index in [0.29, 0.717) is 5.56 Å². The Kier molecular flexibility index (Phi) is 4.49. The number of imide groups is 1. The number of fused-ring (bicyclic) bond motifs is 1. The number of hydrogen-bond donors (Lipinski definition) is 2. The van der Waals surface area contributed by atoms with Gasteiger partial charge in [0.1, 0.15) is 0 Å². The van der Waals surface area contributed by atoms with Crippen LogP contribution in [0.25, 0.3) is 10.2 Å². The Labute approximate surface area is 124 Å². The van der Waals surface area contributed by atoms with Crippen LogP contribution in [0, 0.1) is 0 Å². The lowest BCUT2D eigenvalue weighted by Crippen LogP contribution is -2.43. The summed E-state index contributed by atoms with van der Waals surface area (Å²) in [5, 5.41) is 4.27. The molecule has 1 aromatic carbocycles. The predicted molar refractivity (Wildman–Crippen MR) is 77.1 cm³/mol. The van der Waals surface area contributed by atoms with E-state index in [1.807, 2.05) is 5.32 Å². The Morgan fingerprint density at radius 3 is 2.81 bits per heavy atom. The first-order valence-corrected chi connectivity index (χ1v) is 6.96. The molecule has 1 atom stereocenters. The summed E-state index contributed by atoms with van der Waals surface area (Å²) in [7, 11) is 1.38. The number of thiazole rings is 1. The first-order chi connectivity index (χ1) is 10.0. The highest BCUT2D eigenvalue weighted by Crippen LogP contribution is 2.19. The quantitative estimate of drug-likeness (QED) is 0.833. The zero-order valence-electron chi connectivity index (χ0n) is 11.4. The van der Waals surface area contributed by atoms with Crippen molar-refractivity contribution in [3.05, 3.63) is 29.3 Å². The van der Waals surface area contributed by atoms with E-state index in [1.165, 1.54) is 25.3 Å². The number of amides is 3. The zero-order chi connectivity index (χ0) is 15.4. The predicted octanol–water partition coefficient (Wildman–Crippen LogP) is 1.30. The summed E-state index contributed by atoms with van der Waals surface area (Å²) in [6, 6.07) is 4.28. The van der Waals surface area contributed by atoms with Crippen LogP contribution in [0.15, 0.2) is 23.7 Å². The molecule has 0 saturated carbocycles. The molecule has 2 N–H and O–H groups in total. The molecule has 2 rings (SSSR count). The summed E-state index contributed by atoms with van der Waals surface area (Å²) in [5.41, 5.74) is 2.80. The molecule has 0 aliphatic heterocycles. The third kappa shape index (κ3) is 3.54.